The Morgan fingerprint density at radius 3 is 2.47 bits per heavy atom. The molecule has 94 valence electrons. The van der Waals surface area contributed by atoms with Crippen LogP contribution in [0.2, 0.25) is 0 Å². The zero-order valence-corrected chi connectivity index (χ0v) is 9.47. The van der Waals surface area contributed by atoms with Crippen molar-refractivity contribution < 1.29 is 22.5 Å². The lowest BCUT2D eigenvalue weighted by atomic mass is 9.75. The number of carbonyl (C=O) groups is 1. The fourth-order valence-electron chi connectivity index (χ4n) is 1.51. The molecule has 0 spiro atoms. The maximum absolute atomic E-state index is 12.7. The van der Waals surface area contributed by atoms with Crippen molar-refractivity contribution >= 4 is 24.1 Å². The fraction of sp³-hybridized carbons (Fsp3) is 0.300. The molecule has 0 aliphatic rings. The Bertz CT molecular complexity index is 446. The largest absolute Gasteiger partial charge is 0.509 e. The molecule has 1 rings (SSSR count). The number of anilines is 1. The molecule has 0 unspecified atom stereocenters. The van der Waals surface area contributed by atoms with E-state index in [0.717, 1.165) is 6.07 Å². The normalized spacial score (nSPS) is 11.4. The topological polar surface area (TPSA) is 52.3 Å². The van der Waals surface area contributed by atoms with Crippen molar-refractivity contribution in [1.29, 1.82) is 0 Å². The Hall–Kier alpha value is -1.66. The van der Waals surface area contributed by atoms with Gasteiger partial charge in [0, 0.05) is 5.69 Å². The van der Waals surface area contributed by atoms with Crippen LogP contribution in [0.1, 0.15) is 11.1 Å². The molecule has 1 aromatic carbocycles. The number of hydrogen-bond acceptors (Lipinski definition) is 3. The van der Waals surface area contributed by atoms with E-state index >= 15 is 0 Å². The molecule has 0 heterocycles. The second kappa shape index (κ2) is 4.69. The summed E-state index contributed by atoms with van der Waals surface area (Å²) in [5.41, 5.74) is 4.96. The summed E-state index contributed by atoms with van der Waals surface area (Å²) in [6.07, 6.45) is -0.222. The molecular formula is C10H12BF3NO2-. The third-order valence-electron chi connectivity index (χ3n) is 2.48. The Labute approximate surface area is 96.8 Å². The summed E-state index contributed by atoms with van der Waals surface area (Å²) in [7, 11) is 1.18. The van der Waals surface area contributed by atoms with Gasteiger partial charge < -0.3 is 23.4 Å². The first-order valence-corrected chi connectivity index (χ1v) is 4.91. The van der Waals surface area contributed by atoms with Gasteiger partial charge in [0.2, 0.25) is 0 Å². The SMILES string of the molecule is COC(=O)Cc1cc(N)c(C)c([B-](F)(F)F)c1. The van der Waals surface area contributed by atoms with E-state index < -0.39 is 18.4 Å². The number of carbonyl (C=O) groups excluding carboxylic acids is 1. The van der Waals surface area contributed by atoms with Crippen molar-refractivity contribution in [3.05, 3.63) is 23.3 Å². The van der Waals surface area contributed by atoms with Gasteiger partial charge in [-0.1, -0.05) is 11.6 Å². The highest BCUT2D eigenvalue weighted by Gasteiger charge is 2.28. The van der Waals surface area contributed by atoms with Crippen molar-refractivity contribution in [3.63, 3.8) is 0 Å². The number of benzene rings is 1. The van der Waals surface area contributed by atoms with Crippen LogP contribution >= 0.6 is 0 Å². The number of esters is 1. The van der Waals surface area contributed by atoms with Gasteiger partial charge in [-0.2, -0.15) is 0 Å². The molecular weight excluding hydrogens is 234 g/mol. The average molecular weight is 246 g/mol. The Morgan fingerprint density at radius 2 is 2.00 bits per heavy atom. The number of methoxy groups -OCH3 is 1. The van der Waals surface area contributed by atoms with Crippen molar-refractivity contribution in [3.8, 4) is 0 Å². The zero-order chi connectivity index (χ0) is 13.2. The van der Waals surface area contributed by atoms with E-state index in [4.69, 9.17) is 5.73 Å². The molecule has 1 aromatic rings. The molecule has 0 fully saturated rings. The standard InChI is InChI=1S/C10H12BF3NO2/c1-6-8(11(12,13)14)3-7(4-9(6)15)5-10(16)17-2/h3-4H,5,15H2,1-2H3/q-1. The maximum atomic E-state index is 12.7. The summed E-state index contributed by atoms with van der Waals surface area (Å²) in [4.78, 5) is 11.0. The molecule has 0 radical (unpaired) electrons. The highest BCUT2D eigenvalue weighted by Crippen LogP contribution is 2.19. The Balaban J connectivity index is 3.20. The molecule has 3 nitrogen and oxygen atoms in total. The lowest BCUT2D eigenvalue weighted by Gasteiger charge is -2.20. The molecule has 17 heavy (non-hydrogen) atoms. The van der Waals surface area contributed by atoms with Crippen LogP contribution in [-0.4, -0.2) is 20.1 Å². The summed E-state index contributed by atoms with van der Waals surface area (Å²) in [5, 5.41) is 0. The first-order chi connectivity index (χ1) is 7.75. The minimum Gasteiger partial charge on any atom is -0.469 e. The molecule has 0 aliphatic heterocycles. The van der Waals surface area contributed by atoms with Crippen LogP contribution in [0.25, 0.3) is 0 Å². The summed E-state index contributed by atoms with van der Waals surface area (Å²) in [5.74, 6) is -0.603. The predicted octanol–water partition coefficient (Wildman–Crippen LogP) is 1.35. The van der Waals surface area contributed by atoms with Gasteiger partial charge >= 0.3 is 12.9 Å². The molecule has 0 amide bonds. The van der Waals surface area contributed by atoms with Crippen LogP contribution in [0, 0.1) is 6.92 Å². The fourth-order valence-corrected chi connectivity index (χ4v) is 1.51. The number of halogens is 3. The zero-order valence-electron chi connectivity index (χ0n) is 9.47. The molecule has 0 saturated heterocycles. The van der Waals surface area contributed by atoms with Crippen LogP contribution in [-0.2, 0) is 16.0 Å². The van der Waals surface area contributed by atoms with Gasteiger partial charge in [0.15, 0.2) is 0 Å². The van der Waals surface area contributed by atoms with Crippen LogP contribution in [0.4, 0.5) is 18.6 Å². The summed E-state index contributed by atoms with van der Waals surface area (Å²) >= 11 is 0. The number of rotatable bonds is 3. The van der Waals surface area contributed by atoms with Gasteiger partial charge in [-0.15, -0.1) is 5.46 Å². The Morgan fingerprint density at radius 1 is 1.41 bits per heavy atom. The first kappa shape index (κ1) is 13.4. The van der Waals surface area contributed by atoms with Gasteiger partial charge in [0.05, 0.1) is 13.5 Å². The van der Waals surface area contributed by atoms with E-state index in [2.05, 4.69) is 4.74 Å². The summed E-state index contributed by atoms with van der Waals surface area (Å²) in [6, 6.07) is 2.31. The quantitative estimate of drug-likeness (QED) is 0.497. The van der Waals surface area contributed by atoms with Crippen molar-refractivity contribution in [2.75, 3.05) is 12.8 Å². The van der Waals surface area contributed by atoms with Gasteiger partial charge in [0.1, 0.15) is 0 Å². The molecule has 0 aliphatic carbocycles. The van der Waals surface area contributed by atoms with Gasteiger partial charge in [-0.25, -0.2) is 0 Å². The number of nitrogen functional groups attached to an aromatic ring is 1. The molecule has 7 heteroatoms. The van der Waals surface area contributed by atoms with Crippen molar-refractivity contribution in [2.24, 2.45) is 0 Å². The van der Waals surface area contributed by atoms with Crippen molar-refractivity contribution in [1.82, 2.24) is 0 Å². The number of nitrogens with two attached hydrogens (primary N) is 1. The van der Waals surface area contributed by atoms with E-state index in [1.54, 1.807) is 0 Å². The number of hydrogen-bond donors (Lipinski definition) is 1. The third-order valence-corrected chi connectivity index (χ3v) is 2.48. The third kappa shape index (κ3) is 3.15. The van der Waals surface area contributed by atoms with E-state index in [1.807, 2.05) is 0 Å². The highest BCUT2D eigenvalue weighted by atomic mass is 19.4. The molecule has 0 atom stereocenters. The minimum atomic E-state index is -5.14. The van der Waals surface area contributed by atoms with E-state index in [9.17, 15) is 17.7 Å². The first-order valence-electron chi connectivity index (χ1n) is 4.91. The van der Waals surface area contributed by atoms with Crippen molar-refractivity contribution in [2.45, 2.75) is 13.3 Å². The lowest BCUT2D eigenvalue weighted by Crippen LogP contribution is -2.37. The number of ether oxygens (including phenoxy) is 1. The van der Waals surface area contributed by atoms with Gasteiger partial charge in [0.25, 0.3) is 0 Å². The van der Waals surface area contributed by atoms with E-state index in [1.165, 1.54) is 20.1 Å². The summed E-state index contributed by atoms with van der Waals surface area (Å²) < 4.78 is 42.6. The maximum Gasteiger partial charge on any atom is 0.509 e. The molecule has 0 bridgehead atoms. The van der Waals surface area contributed by atoms with Crippen LogP contribution < -0.4 is 11.2 Å². The molecule has 0 saturated carbocycles. The summed E-state index contributed by atoms with van der Waals surface area (Å²) in [6.45, 7) is -3.83. The highest BCUT2D eigenvalue weighted by molar-refractivity contribution is 6.74. The van der Waals surface area contributed by atoms with Gasteiger partial charge in [-0.3, -0.25) is 4.79 Å². The second-order valence-corrected chi connectivity index (χ2v) is 3.73. The van der Waals surface area contributed by atoms with E-state index in [0.29, 0.717) is 0 Å². The monoisotopic (exact) mass is 246 g/mol. The smallest absolute Gasteiger partial charge is 0.469 e. The van der Waals surface area contributed by atoms with Crippen LogP contribution in [0.5, 0.6) is 0 Å². The van der Waals surface area contributed by atoms with E-state index in [-0.39, 0.29) is 23.2 Å². The Kier molecular flexibility index (Phi) is 3.70. The van der Waals surface area contributed by atoms with Crippen LogP contribution in [0.15, 0.2) is 12.1 Å². The average Bonchev–Trinajstić information content (AvgIpc) is 2.21. The molecule has 2 N–H and O–H groups in total. The molecule has 0 aromatic heterocycles. The lowest BCUT2D eigenvalue weighted by molar-refractivity contribution is -0.139. The predicted molar refractivity (Wildman–Crippen MR) is 60.0 cm³/mol. The van der Waals surface area contributed by atoms with Gasteiger partial charge in [-0.05, 0) is 18.6 Å². The second-order valence-electron chi connectivity index (χ2n) is 3.73. The minimum absolute atomic E-state index is 0.00823. The van der Waals surface area contributed by atoms with Crippen LogP contribution in [0.3, 0.4) is 0 Å².